The Bertz CT molecular complexity index is 849. The first-order valence-corrected chi connectivity index (χ1v) is 9.89. The van der Waals surface area contributed by atoms with E-state index in [0.717, 1.165) is 6.42 Å². The molecule has 2 aromatic carbocycles. The van der Waals surface area contributed by atoms with Crippen LogP contribution in [0.5, 0.6) is 5.75 Å². The molecule has 0 bridgehead atoms. The number of sulfone groups is 1. The topological polar surface area (TPSA) is 63.7 Å². The zero-order valence-electron chi connectivity index (χ0n) is 14.1. The van der Waals surface area contributed by atoms with Crippen LogP contribution in [-0.4, -0.2) is 44.7 Å². The van der Waals surface area contributed by atoms with Gasteiger partial charge in [0.25, 0.3) is 5.91 Å². The first-order valence-electron chi connectivity index (χ1n) is 8.24. The molecule has 1 atom stereocenters. The Hall–Kier alpha value is -2.34. The third-order valence-electron chi connectivity index (χ3n) is 4.47. The lowest BCUT2D eigenvalue weighted by molar-refractivity contribution is 0.0749. The number of likely N-dealkylation sites (tertiary alicyclic amines) is 1. The van der Waals surface area contributed by atoms with Crippen molar-refractivity contribution in [1.82, 2.24) is 4.90 Å². The van der Waals surface area contributed by atoms with E-state index >= 15 is 0 Å². The minimum absolute atomic E-state index is 0.0489. The number of hydrogen-bond donors (Lipinski definition) is 0. The lowest BCUT2D eigenvalue weighted by atomic mass is 10.1. The monoisotopic (exact) mass is 359 g/mol. The summed E-state index contributed by atoms with van der Waals surface area (Å²) in [6, 6.07) is 15.0. The molecule has 0 N–H and O–H groups in total. The molecule has 0 spiro atoms. The van der Waals surface area contributed by atoms with Crippen molar-refractivity contribution >= 4 is 15.7 Å². The minimum atomic E-state index is -3.42. The van der Waals surface area contributed by atoms with Crippen molar-refractivity contribution in [3.8, 4) is 5.75 Å². The number of ether oxygens (including phenoxy) is 1. The quantitative estimate of drug-likeness (QED) is 0.823. The molecule has 0 saturated carbocycles. The third kappa shape index (κ3) is 3.85. The van der Waals surface area contributed by atoms with Gasteiger partial charge in [0.2, 0.25) is 0 Å². The van der Waals surface area contributed by atoms with Gasteiger partial charge in [0.1, 0.15) is 5.75 Å². The van der Waals surface area contributed by atoms with Crippen molar-refractivity contribution in [3.05, 3.63) is 60.2 Å². The van der Waals surface area contributed by atoms with Gasteiger partial charge in [-0.3, -0.25) is 4.79 Å². The Morgan fingerprint density at radius 3 is 2.64 bits per heavy atom. The lowest BCUT2D eigenvalue weighted by Gasteiger charge is -2.25. The van der Waals surface area contributed by atoms with Crippen molar-refractivity contribution in [1.29, 1.82) is 0 Å². The standard InChI is InChI=1S/C19H21NO4S/c1-24-17-9-5-7-15(13-17)19(21)20-12-6-8-16(20)14-25(22,23)18-10-3-2-4-11-18/h2-5,7,9-11,13,16H,6,8,12,14H2,1H3. The van der Waals surface area contributed by atoms with E-state index in [2.05, 4.69) is 0 Å². The van der Waals surface area contributed by atoms with E-state index < -0.39 is 9.84 Å². The van der Waals surface area contributed by atoms with Gasteiger partial charge < -0.3 is 9.64 Å². The maximum Gasteiger partial charge on any atom is 0.254 e. The second-order valence-corrected chi connectivity index (χ2v) is 8.16. The van der Waals surface area contributed by atoms with E-state index in [-0.39, 0.29) is 17.7 Å². The summed E-state index contributed by atoms with van der Waals surface area (Å²) in [6.07, 6.45) is 1.51. The number of methoxy groups -OCH3 is 1. The van der Waals surface area contributed by atoms with E-state index in [0.29, 0.717) is 29.2 Å². The molecule has 1 saturated heterocycles. The van der Waals surface area contributed by atoms with Gasteiger partial charge >= 0.3 is 0 Å². The Labute approximate surface area is 148 Å². The number of carbonyl (C=O) groups is 1. The van der Waals surface area contributed by atoms with Crippen molar-refractivity contribution in [2.75, 3.05) is 19.4 Å². The average molecular weight is 359 g/mol. The first-order chi connectivity index (χ1) is 12.0. The number of carbonyl (C=O) groups excluding carboxylic acids is 1. The van der Waals surface area contributed by atoms with Gasteiger partial charge in [0.15, 0.2) is 9.84 Å². The predicted octanol–water partition coefficient (Wildman–Crippen LogP) is 2.77. The van der Waals surface area contributed by atoms with Gasteiger partial charge in [-0.15, -0.1) is 0 Å². The van der Waals surface area contributed by atoms with Crippen LogP contribution in [0.2, 0.25) is 0 Å². The minimum Gasteiger partial charge on any atom is -0.497 e. The fourth-order valence-corrected chi connectivity index (χ4v) is 4.79. The summed E-state index contributed by atoms with van der Waals surface area (Å²) >= 11 is 0. The molecule has 0 aliphatic carbocycles. The Morgan fingerprint density at radius 2 is 1.92 bits per heavy atom. The Balaban J connectivity index is 1.79. The van der Waals surface area contributed by atoms with Crippen molar-refractivity contribution < 1.29 is 17.9 Å². The number of benzene rings is 2. The molecule has 1 fully saturated rings. The Morgan fingerprint density at radius 1 is 1.16 bits per heavy atom. The summed E-state index contributed by atoms with van der Waals surface area (Å²) in [5, 5.41) is 0. The lowest BCUT2D eigenvalue weighted by Crippen LogP contribution is -2.39. The molecule has 0 radical (unpaired) electrons. The molecule has 3 rings (SSSR count). The van der Waals surface area contributed by atoms with Gasteiger partial charge in [-0.1, -0.05) is 24.3 Å². The number of nitrogens with zero attached hydrogens (tertiary/aromatic N) is 1. The highest BCUT2D eigenvalue weighted by Crippen LogP contribution is 2.25. The molecule has 5 nitrogen and oxygen atoms in total. The second-order valence-electron chi connectivity index (χ2n) is 6.12. The maximum absolute atomic E-state index is 12.8. The molecule has 1 heterocycles. The highest BCUT2D eigenvalue weighted by atomic mass is 32.2. The second kappa shape index (κ2) is 7.27. The SMILES string of the molecule is COc1cccc(C(=O)N2CCCC2CS(=O)(=O)c2ccccc2)c1. The van der Waals surface area contributed by atoms with E-state index in [9.17, 15) is 13.2 Å². The van der Waals surface area contributed by atoms with Crippen LogP contribution < -0.4 is 4.74 Å². The van der Waals surface area contributed by atoms with Crippen LogP contribution in [-0.2, 0) is 9.84 Å². The highest BCUT2D eigenvalue weighted by molar-refractivity contribution is 7.91. The molecule has 1 amide bonds. The van der Waals surface area contributed by atoms with Gasteiger partial charge in [0, 0.05) is 18.2 Å². The van der Waals surface area contributed by atoms with E-state index in [1.165, 1.54) is 0 Å². The van der Waals surface area contributed by atoms with Gasteiger partial charge in [-0.05, 0) is 43.2 Å². The van der Waals surface area contributed by atoms with E-state index in [1.54, 1.807) is 66.6 Å². The van der Waals surface area contributed by atoms with Crippen LogP contribution >= 0.6 is 0 Å². The molecular weight excluding hydrogens is 338 g/mol. The molecule has 132 valence electrons. The van der Waals surface area contributed by atoms with E-state index in [1.807, 2.05) is 0 Å². The fourth-order valence-electron chi connectivity index (χ4n) is 3.18. The summed E-state index contributed by atoms with van der Waals surface area (Å²) in [5.74, 6) is 0.412. The summed E-state index contributed by atoms with van der Waals surface area (Å²) < 4.78 is 30.4. The third-order valence-corrected chi connectivity index (χ3v) is 6.28. The van der Waals surface area contributed by atoms with Crippen LogP contribution in [0.4, 0.5) is 0 Å². The summed E-state index contributed by atoms with van der Waals surface area (Å²) in [5.41, 5.74) is 0.517. The molecule has 1 aliphatic rings. The summed E-state index contributed by atoms with van der Waals surface area (Å²) in [7, 11) is -1.87. The van der Waals surface area contributed by atoms with Crippen molar-refractivity contribution in [2.24, 2.45) is 0 Å². The normalized spacial score (nSPS) is 17.5. The van der Waals surface area contributed by atoms with Crippen molar-refractivity contribution in [2.45, 2.75) is 23.8 Å². The molecule has 25 heavy (non-hydrogen) atoms. The largest absolute Gasteiger partial charge is 0.497 e. The number of amides is 1. The zero-order chi connectivity index (χ0) is 17.9. The fraction of sp³-hybridized carbons (Fsp3) is 0.316. The summed E-state index contributed by atoms with van der Waals surface area (Å²) in [4.78, 5) is 14.8. The number of hydrogen-bond acceptors (Lipinski definition) is 4. The molecule has 0 aromatic heterocycles. The highest BCUT2D eigenvalue weighted by Gasteiger charge is 2.33. The van der Waals surface area contributed by atoms with Crippen molar-refractivity contribution in [3.63, 3.8) is 0 Å². The van der Waals surface area contributed by atoms with Gasteiger partial charge in [-0.25, -0.2) is 8.42 Å². The van der Waals surface area contributed by atoms with Gasteiger partial charge in [0.05, 0.1) is 17.8 Å². The van der Waals surface area contributed by atoms with Crippen LogP contribution in [0.3, 0.4) is 0 Å². The van der Waals surface area contributed by atoms with Crippen LogP contribution in [0.25, 0.3) is 0 Å². The van der Waals surface area contributed by atoms with Crippen LogP contribution in [0.1, 0.15) is 23.2 Å². The average Bonchev–Trinajstić information content (AvgIpc) is 3.09. The molecule has 6 heteroatoms. The number of rotatable bonds is 5. The predicted molar refractivity (Wildman–Crippen MR) is 95.5 cm³/mol. The zero-order valence-corrected chi connectivity index (χ0v) is 14.9. The van der Waals surface area contributed by atoms with Crippen LogP contribution in [0, 0.1) is 0 Å². The molecule has 1 unspecified atom stereocenters. The Kier molecular flexibility index (Phi) is 5.08. The van der Waals surface area contributed by atoms with Crippen LogP contribution in [0.15, 0.2) is 59.5 Å². The molecule has 2 aromatic rings. The van der Waals surface area contributed by atoms with Gasteiger partial charge in [-0.2, -0.15) is 0 Å². The first kappa shape index (κ1) is 17.5. The molecule has 1 aliphatic heterocycles. The maximum atomic E-state index is 12.8. The van der Waals surface area contributed by atoms with E-state index in [4.69, 9.17) is 4.74 Å². The smallest absolute Gasteiger partial charge is 0.254 e. The summed E-state index contributed by atoms with van der Waals surface area (Å²) in [6.45, 7) is 0.574. The molecular formula is C19H21NO4S.